The van der Waals surface area contributed by atoms with Crippen molar-refractivity contribution in [2.45, 2.75) is 39.2 Å². The number of carbonyl (C=O) groups is 2. The molecule has 4 nitrogen and oxygen atoms in total. The van der Waals surface area contributed by atoms with Gasteiger partial charge in [-0.25, -0.2) is 0 Å². The second-order valence-electron chi connectivity index (χ2n) is 4.11. The average molecular weight is 210 g/mol. The summed E-state index contributed by atoms with van der Waals surface area (Å²) in [6.07, 6.45) is 3.33. The summed E-state index contributed by atoms with van der Waals surface area (Å²) in [5, 5.41) is 0. The van der Waals surface area contributed by atoms with Gasteiger partial charge in [-0.15, -0.1) is 0 Å². The van der Waals surface area contributed by atoms with E-state index < -0.39 is 0 Å². The minimum Gasteiger partial charge on any atom is -0.402 e. The van der Waals surface area contributed by atoms with Crippen LogP contribution in [-0.4, -0.2) is 29.2 Å². The van der Waals surface area contributed by atoms with Gasteiger partial charge in [0.15, 0.2) is 5.78 Å². The van der Waals surface area contributed by atoms with Crippen molar-refractivity contribution in [1.82, 2.24) is 4.90 Å². The Hall–Kier alpha value is -1.32. The summed E-state index contributed by atoms with van der Waals surface area (Å²) < 4.78 is 0. The zero-order chi connectivity index (χ0) is 11.4. The molecule has 2 N–H and O–H groups in total. The number of carbonyl (C=O) groups excluding carboxylic acids is 2. The molecule has 0 aromatic heterocycles. The molecule has 0 saturated carbocycles. The highest BCUT2D eigenvalue weighted by Crippen LogP contribution is 2.17. The van der Waals surface area contributed by atoms with Gasteiger partial charge in [0.1, 0.15) is 0 Å². The summed E-state index contributed by atoms with van der Waals surface area (Å²) in [5.41, 5.74) is 5.81. The van der Waals surface area contributed by atoms with Gasteiger partial charge in [0, 0.05) is 24.4 Å². The van der Waals surface area contributed by atoms with Crippen LogP contribution in [0, 0.1) is 0 Å². The lowest BCUT2D eigenvalue weighted by Gasteiger charge is -2.20. The Balaban J connectivity index is 2.48. The third-order valence-electron chi connectivity index (χ3n) is 2.59. The van der Waals surface area contributed by atoms with Gasteiger partial charge in [-0.1, -0.05) is 0 Å². The minimum absolute atomic E-state index is 0.0567. The number of likely N-dealkylation sites (tertiary alicyclic amines) is 1. The lowest BCUT2D eigenvalue weighted by Crippen LogP contribution is -2.34. The van der Waals surface area contributed by atoms with Gasteiger partial charge < -0.3 is 10.6 Å². The zero-order valence-electron chi connectivity index (χ0n) is 9.32. The van der Waals surface area contributed by atoms with E-state index in [-0.39, 0.29) is 24.2 Å². The number of ketones is 1. The Morgan fingerprint density at radius 3 is 2.67 bits per heavy atom. The molecule has 1 saturated heterocycles. The topological polar surface area (TPSA) is 63.4 Å². The zero-order valence-corrected chi connectivity index (χ0v) is 9.32. The highest BCUT2D eigenvalue weighted by molar-refractivity contribution is 6.04. The van der Waals surface area contributed by atoms with Gasteiger partial charge in [0.2, 0.25) is 5.91 Å². The molecule has 1 heterocycles. The van der Waals surface area contributed by atoms with Gasteiger partial charge in [-0.3, -0.25) is 9.59 Å². The fourth-order valence-corrected chi connectivity index (χ4v) is 1.86. The molecule has 0 spiro atoms. The summed E-state index contributed by atoms with van der Waals surface area (Å²) in [5.74, 6) is -0.290. The molecular weight excluding hydrogens is 192 g/mol. The van der Waals surface area contributed by atoms with E-state index in [1.54, 1.807) is 11.8 Å². The largest absolute Gasteiger partial charge is 0.402 e. The van der Waals surface area contributed by atoms with Crippen LogP contribution in [0.3, 0.4) is 0 Å². The molecule has 0 aromatic rings. The molecule has 0 radical (unpaired) electrons. The fraction of sp³-hybridized carbons (Fsp3) is 0.636. The number of hydrogen-bond donors (Lipinski definition) is 1. The van der Waals surface area contributed by atoms with Crippen LogP contribution in [0.2, 0.25) is 0 Å². The molecule has 1 rings (SSSR count). The fourth-order valence-electron chi connectivity index (χ4n) is 1.86. The van der Waals surface area contributed by atoms with Gasteiger partial charge >= 0.3 is 0 Å². The third kappa shape index (κ3) is 3.38. The molecule has 0 aromatic carbocycles. The van der Waals surface area contributed by atoms with E-state index in [1.807, 2.05) is 6.92 Å². The number of amides is 1. The van der Waals surface area contributed by atoms with Gasteiger partial charge in [-0.2, -0.15) is 0 Å². The van der Waals surface area contributed by atoms with Gasteiger partial charge in [0.05, 0.1) is 6.42 Å². The number of hydrogen-bond acceptors (Lipinski definition) is 3. The number of nitrogens with zero attached hydrogens (tertiary/aromatic N) is 1. The predicted molar refractivity (Wildman–Crippen MR) is 58.0 cm³/mol. The SMILES string of the molecule is C/C(N)=C/C(=O)CC(=O)N1CCCC1C. The summed E-state index contributed by atoms with van der Waals surface area (Å²) in [6.45, 7) is 4.43. The van der Waals surface area contributed by atoms with E-state index in [4.69, 9.17) is 5.73 Å². The third-order valence-corrected chi connectivity index (χ3v) is 2.59. The molecule has 15 heavy (non-hydrogen) atoms. The molecule has 1 fully saturated rings. The molecule has 4 heteroatoms. The van der Waals surface area contributed by atoms with E-state index >= 15 is 0 Å². The number of nitrogens with two attached hydrogens (primary N) is 1. The van der Waals surface area contributed by atoms with Gasteiger partial charge in [-0.05, 0) is 26.7 Å². The van der Waals surface area contributed by atoms with Crippen molar-refractivity contribution >= 4 is 11.7 Å². The maximum absolute atomic E-state index is 11.7. The van der Waals surface area contributed by atoms with Crippen LogP contribution in [0.5, 0.6) is 0 Å². The second kappa shape index (κ2) is 4.96. The molecule has 84 valence electrons. The Labute approximate surface area is 90.1 Å². The van der Waals surface area contributed by atoms with Crippen LogP contribution in [0.25, 0.3) is 0 Å². The first-order valence-corrected chi connectivity index (χ1v) is 5.27. The van der Waals surface area contributed by atoms with Crippen molar-refractivity contribution in [1.29, 1.82) is 0 Å². The van der Waals surface area contributed by atoms with E-state index in [2.05, 4.69) is 0 Å². The number of allylic oxidation sites excluding steroid dienone is 2. The Morgan fingerprint density at radius 2 is 2.20 bits per heavy atom. The lowest BCUT2D eigenvalue weighted by atomic mass is 10.2. The van der Waals surface area contributed by atoms with E-state index in [1.165, 1.54) is 6.08 Å². The van der Waals surface area contributed by atoms with Gasteiger partial charge in [0.25, 0.3) is 0 Å². The maximum atomic E-state index is 11.7. The first-order chi connectivity index (χ1) is 7.00. The Morgan fingerprint density at radius 1 is 1.53 bits per heavy atom. The van der Waals surface area contributed by atoms with Crippen molar-refractivity contribution in [2.24, 2.45) is 5.73 Å². The highest BCUT2D eigenvalue weighted by atomic mass is 16.2. The molecule has 0 aliphatic carbocycles. The summed E-state index contributed by atoms with van der Waals surface area (Å²) in [4.78, 5) is 24.8. The average Bonchev–Trinajstić information content (AvgIpc) is 2.49. The Bertz CT molecular complexity index is 293. The van der Waals surface area contributed by atoms with Crippen molar-refractivity contribution in [2.75, 3.05) is 6.54 Å². The van der Waals surface area contributed by atoms with Crippen LogP contribution in [-0.2, 0) is 9.59 Å². The summed E-state index contributed by atoms with van der Waals surface area (Å²) in [7, 11) is 0. The van der Waals surface area contributed by atoms with Crippen LogP contribution >= 0.6 is 0 Å². The van der Waals surface area contributed by atoms with Crippen LogP contribution in [0.4, 0.5) is 0 Å². The summed E-state index contributed by atoms with van der Waals surface area (Å²) >= 11 is 0. The summed E-state index contributed by atoms with van der Waals surface area (Å²) in [6, 6.07) is 0.272. The van der Waals surface area contributed by atoms with E-state index in [0.29, 0.717) is 5.70 Å². The monoisotopic (exact) mass is 210 g/mol. The molecule has 0 bridgehead atoms. The highest BCUT2D eigenvalue weighted by Gasteiger charge is 2.25. The molecule has 1 unspecified atom stereocenters. The molecule has 1 aliphatic rings. The van der Waals surface area contributed by atoms with Crippen molar-refractivity contribution in [3.8, 4) is 0 Å². The quantitative estimate of drug-likeness (QED) is 0.554. The molecule has 1 aliphatic heterocycles. The Kier molecular flexibility index (Phi) is 3.88. The molecule has 1 atom stereocenters. The first kappa shape index (κ1) is 11.8. The maximum Gasteiger partial charge on any atom is 0.230 e. The normalized spacial score (nSPS) is 21.9. The minimum atomic E-state index is -0.209. The standard InChI is InChI=1S/C11H18N2O2/c1-8(12)6-10(14)7-11(15)13-5-3-4-9(13)2/h6,9H,3-5,7,12H2,1-2H3/b8-6-. The first-order valence-electron chi connectivity index (χ1n) is 5.27. The number of rotatable bonds is 3. The second-order valence-corrected chi connectivity index (χ2v) is 4.11. The molecular formula is C11H18N2O2. The smallest absolute Gasteiger partial charge is 0.230 e. The van der Waals surface area contributed by atoms with Crippen molar-refractivity contribution in [3.63, 3.8) is 0 Å². The van der Waals surface area contributed by atoms with Crippen molar-refractivity contribution < 1.29 is 9.59 Å². The molecule has 1 amide bonds. The van der Waals surface area contributed by atoms with Crippen LogP contribution in [0.1, 0.15) is 33.1 Å². The van der Waals surface area contributed by atoms with Crippen LogP contribution < -0.4 is 5.73 Å². The van der Waals surface area contributed by atoms with E-state index in [0.717, 1.165) is 19.4 Å². The van der Waals surface area contributed by atoms with E-state index in [9.17, 15) is 9.59 Å². The van der Waals surface area contributed by atoms with Crippen LogP contribution in [0.15, 0.2) is 11.8 Å². The van der Waals surface area contributed by atoms with Crippen molar-refractivity contribution in [3.05, 3.63) is 11.8 Å². The predicted octanol–water partition coefficient (Wildman–Crippen LogP) is 0.819. The lowest BCUT2D eigenvalue weighted by molar-refractivity contribution is -0.134.